The molecule has 0 bridgehead atoms. The quantitative estimate of drug-likeness (QED) is 0.616. The van der Waals surface area contributed by atoms with E-state index >= 15 is 0 Å². The Hall–Kier alpha value is -3.60. The molecule has 2 N–H and O–H groups in total. The fourth-order valence-electron chi connectivity index (χ4n) is 5.85. The smallest absolute Gasteiger partial charge is 0.333 e. The average molecular weight is 529 g/mol. The molecule has 4 aliphatic rings. The number of anilines is 2. The van der Waals surface area contributed by atoms with Crippen LogP contribution in [0.1, 0.15) is 41.4 Å². The van der Waals surface area contributed by atoms with Gasteiger partial charge in [-0.2, -0.15) is 10.2 Å². The number of nitrogens with zero attached hydrogens (tertiary/aromatic N) is 6. The van der Waals surface area contributed by atoms with Crippen LogP contribution in [0.15, 0.2) is 58.3 Å². The van der Waals surface area contributed by atoms with Crippen LogP contribution >= 0.6 is 0 Å². The lowest BCUT2D eigenvalue weighted by Gasteiger charge is -2.38. The summed E-state index contributed by atoms with van der Waals surface area (Å²) < 4.78 is 0. The normalized spacial score (nSPS) is 22.0. The van der Waals surface area contributed by atoms with Gasteiger partial charge in [0.1, 0.15) is 11.7 Å². The summed E-state index contributed by atoms with van der Waals surface area (Å²) >= 11 is 0. The SMILES string of the molecule is CC(C)N1CCN(c2ccc(C3=C4C(=O)c5c(NC(=O)NN6CCN(C)CC6)cccc5C4N=N3)cc2)CC1. The van der Waals surface area contributed by atoms with Crippen LogP contribution < -0.4 is 15.6 Å². The van der Waals surface area contributed by atoms with Crippen molar-refractivity contribution in [3.05, 3.63) is 64.7 Å². The van der Waals surface area contributed by atoms with E-state index in [0.29, 0.717) is 28.6 Å². The summed E-state index contributed by atoms with van der Waals surface area (Å²) in [4.78, 5) is 33.6. The fourth-order valence-corrected chi connectivity index (χ4v) is 5.85. The van der Waals surface area contributed by atoms with Gasteiger partial charge in [-0.3, -0.25) is 15.1 Å². The van der Waals surface area contributed by atoms with Crippen LogP contribution in [-0.4, -0.2) is 92.1 Å². The van der Waals surface area contributed by atoms with Crippen molar-refractivity contribution in [3.8, 4) is 0 Å². The number of Topliss-reactive ketones (excluding diaryl/α,β-unsaturated/α-hetero) is 1. The molecule has 0 radical (unpaired) electrons. The van der Waals surface area contributed by atoms with E-state index in [4.69, 9.17) is 0 Å². The van der Waals surface area contributed by atoms with Gasteiger partial charge in [0.05, 0.1) is 16.8 Å². The molecule has 2 fully saturated rings. The summed E-state index contributed by atoms with van der Waals surface area (Å²) in [7, 11) is 2.07. The zero-order chi connectivity index (χ0) is 27.1. The Morgan fingerprint density at radius 2 is 1.67 bits per heavy atom. The number of carbonyl (C=O) groups excluding carboxylic acids is 2. The van der Waals surface area contributed by atoms with Crippen molar-refractivity contribution >= 4 is 28.9 Å². The first-order chi connectivity index (χ1) is 18.9. The third-order valence-corrected chi connectivity index (χ3v) is 8.23. The van der Waals surface area contributed by atoms with Crippen LogP contribution in [0.2, 0.25) is 0 Å². The van der Waals surface area contributed by atoms with Crippen LogP contribution in [-0.2, 0) is 0 Å². The lowest BCUT2D eigenvalue weighted by molar-refractivity contribution is 0.103. The Bertz CT molecular complexity index is 1320. The minimum absolute atomic E-state index is 0.126. The van der Waals surface area contributed by atoms with Crippen LogP contribution in [0, 0.1) is 0 Å². The third-order valence-electron chi connectivity index (χ3n) is 8.23. The van der Waals surface area contributed by atoms with E-state index in [1.54, 1.807) is 6.07 Å². The van der Waals surface area contributed by atoms with Gasteiger partial charge < -0.3 is 15.1 Å². The first-order valence-electron chi connectivity index (χ1n) is 13.8. The van der Waals surface area contributed by atoms with Crippen molar-refractivity contribution in [2.75, 3.05) is 69.6 Å². The summed E-state index contributed by atoms with van der Waals surface area (Å²) in [5.74, 6) is -0.126. The number of hydrazine groups is 1. The van der Waals surface area contributed by atoms with Gasteiger partial charge in [0.15, 0.2) is 5.78 Å². The molecule has 3 aliphatic heterocycles. The molecule has 0 spiro atoms. The molecular formula is C29H36N8O2. The molecule has 1 unspecified atom stereocenters. The van der Waals surface area contributed by atoms with E-state index in [-0.39, 0.29) is 11.8 Å². The molecule has 1 aliphatic carbocycles. The van der Waals surface area contributed by atoms with Gasteiger partial charge in [-0.15, -0.1) is 0 Å². The second-order valence-electron chi connectivity index (χ2n) is 11.0. The monoisotopic (exact) mass is 528 g/mol. The minimum Gasteiger partial charge on any atom is -0.369 e. The standard InChI is InChI=1S/C29H36N8O2/c1-19(2)35-13-15-36(16-14-35)21-9-7-20(8-10-21)26-25-27(32-31-26)22-5-4-6-23(24(22)28(25)38)30-29(39)33-37-17-11-34(3)12-18-37/h4-10,19,27H,11-18H2,1-3H3,(H2,30,33,39). The van der Waals surface area contributed by atoms with Gasteiger partial charge >= 0.3 is 6.03 Å². The third kappa shape index (κ3) is 4.95. The minimum atomic E-state index is -0.436. The fraction of sp³-hybridized carbons (Fsp3) is 0.448. The highest BCUT2D eigenvalue weighted by molar-refractivity contribution is 6.22. The second-order valence-corrected chi connectivity index (χ2v) is 11.0. The van der Waals surface area contributed by atoms with Gasteiger partial charge in [-0.25, -0.2) is 9.80 Å². The Labute approximate surface area is 229 Å². The number of nitrogens with one attached hydrogen (secondary N) is 2. The number of likely N-dealkylation sites (N-methyl/N-ethyl adjacent to an activating group) is 1. The molecule has 0 aromatic heterocycles. The molecule has 2 aromatic rings. The number of ketones is 1. The van der Waals surface area contributed by atoms with Crippen molar-refractivity contribution in [2.24, 2.45) is 10.2 Å². The molecule has 2 amide bonds. The summed E-state index contributed by atoms with van der Waals surface area (Å²) in [5.41, 5.74) is 7.94. The van der Waals surface area contributed by atoms with Gasteiger partial charge in [0.2, 0.25) is 0 Å². The number of urea groups is 1. The van der Waals surface area contributed by atoms with Gasteiger partial charge in [-0.1, -0.05) is 24.3 Å². The van der Waals surface area contributed by atoms with Gasteiger partial charge in [0, 0.05) is 69.7 Å². The Balaban J connectivity index is 1.18. The first-order valence-corrected chi connectivity index (χ1v) is 13.8. The van der Waals surface area contributed by atoms with Crippen LogP contribution in [0.5, 0.6) is 0 Å². The number of amides is 2. The maximum absolute atomic E-state index is 13.7. The second kappa shape index (κ2) is 10.5. The number of rotatable bonds is 5. The maximum atomic E-state index is 13.7. The predicted octanol–water partition coefficient (Wildman–Crippen LogP) is 3.62. The van der Waals surface area contributed by atoms with Crippen molar-refractivity contribution in [2.45, 2.75) is 25.9 Å². The van der Waals surface area contributed by atoms with Crippen molar-refractivity contribution < 1.29 is 9.59 Å². The van der Waals surface area contributed by atoms with Crippen molar-refractivity contribution in [1.82, 2.24) is 20.2 Å². The molecule has 3 heterocycles. The molecule has 10 heteroatoms. The zero-order valence-corrected chi connectivity index (χ0v) is 22.9. The lowest BCUT2D eigenvalue weighted by Crippen LogP contribution is -2.53. The molecule has 1 atom stereocenters. The van der Waals surface area contributed by atoms with E-state index in [0.717, 1.165) is 63.5 Å². The average Bonchev–Trinajstić information content (AvgIpc) is 3.50. The van der Waals surface area contributed by atoms with Crippen molar-refractivity contribution in [3.63, 3.8) is 0 Å². The number of azo groups is 1. The molecule has 10 nitrogen and oxygen atoms in total. The van der Waals surface area contributed by atoms with E-state index in [1.165, 1.54) is 5.69 Å². The van der Waals surface area contributed by atoms with Crippen LogP contribution in [0.4, 0.5) is 16.2 Å². The Kier molecular flexibility index (Phi) is 6.92. The first kappa shape index (κ1) is 25.7. The molecule has 204 valence electrons. The topological polar surface area (TPSA) is 95.9 Å². The van der Waals surface area contributed by atoms with E-state index < -0.39 is 6.04 Å². The molecule has 0 saturated carbocycles. The summed E-state index contributed by atoms with van der Waals surface area (Å²) in [6.07, 6.45) is 0. The van der Waals surface area contributed by atoms with E-state index in [1.807, 2.05) is 29.3 Å². The molecule has 2 aromatic carbocycles. The number of hydrogen-bond acceptors (Lipinski definition) is 8. The number of carbonyl (C=O) groups is 2. The van der Waals surface area contributed by atoms with E-state index in [9.17, 15) is 9.59 Å². The van der Waals surface area contributed by atoms with Crippen LogP contribution in [0.25, 0.3) is 5.70 Å². The highest BCUT2D eigenvalue weighted by atomic mass is 16.2. The molecule has 2 saturated heterocycles. The van der Waals surface area contributed by atoms with Crippen molar-refractivity contribution in [1.29, 1.82) is 0 Å². The molecular weight excluding hydrogens is 492 g/mol. The Morgan fingerprint density at radius 1 is 0.949 bits per heavy atom. The van der Waals surface area contributed by atoms with Crippen LogP contribution in [0.3, 0.4) is 0 Å². The zero-order valence-electron chi connectivity index (χ0n) is 22.9. The largest absolute Gasteiger partial charge is 0.369 e. The number of piperazine rings is 2. The predicted molar refractivity (Wildman–Crippen MR) is 152 cm³/mol. The number of fused-ring (bicyclic) bond motifs is 3. The number of benzene rings is 2. The molecule has 6 rings (SSSR count). The number of hydrogen-bond donors (Lipinski definition) is 2. The highest BCUT2D eigenvalue weighted by Crippen LogP contribution is 2.49. The van der Waals surface area contributed by atoms with Gasteiger partial charge in [0.25, 0.3) is 0 Å². The Morgan fingerprint density at radius 3 is 2.36 bits per heavy atom. The summed E-state index contributed by atoms with van der Waals surface area (Å²) in [5, 5.41) is 13.7. The summed E-state index contributed by atoms with van der Waals surface area (Å²) in [6.45, 7) is 11.9. The highest BCUT2D eigenvalue weighted by Gasteiger charge is 2.42. The van der Waals surface area contributed by atoms with E-state index in [2.05, 4.69) is 68.7 Å². The van der Waals surface area contributed by atoms with Gasteiger partial charge in [-0.05, 0) is 44.7 Å². The maximum Gasteiger partial charge on any atom is 0.333 e. The lowest BCUT2D eigenvalue weighted by atomic mass is 10.0. The molecule has 39 heavy (non-hydrogen) atoms. The summed E-state index contributed by atoms with van der Waals surface area (Å²) in [6, 6.07) is 13.6.